The van der Waals surface area contributed by atoms with Crippen LogP contribution in [-0.2, 0) is 6.54 Å². The smallest absolute Gasteiger partial charge is 0.259 e. The van der Waals surface area contributed by atoms with E-state index in [1.165, 1.54) is 0 Å². The maximum absolute atomic E-state index is 13.9. The van der Waals surface area contributed by atoms with Crippen LogP contribution >= 0.6 is 11.3 Å². The normalized spacial score (nSPS) is 11.6. The lowest BCUT2D eigenvalue weighted by molar-refractivity contribution is 0.0687. The lowest BCUT2D eigenvalue weighted by Gasteiger charge is -2.26. The van der Waals surface area contributed by atoms with Gasteiger partial charge in [-0.1, -0.05) is 17.3 Å². The van der Waals surface area contributed by atoms with Gasteiger partial charge in [-0.05, 0) is 58.0 Å². The first-order valence-corrected chi connectivity index (χ1v) is 11.8. The van der Waals surface area contributed by atoms with Crippen LogP contribution < -0.4 is 5.56 Å². The number of aromatic nitrogens is 4. The second kappa shape index (κ2) is 8.49. The minimum atomic E-state index is -0.228. The molecular weight excluding hydrogens is 450 g/mol. The number of thiophene rings is 1. The molecule has 0 saturated heterocycles. The molecule has 0 atom stereocenters. The molecular formula is C25H23N5O3S. The van der Waals surface area contributed by atoms with E-state index in [4.69, 9.17) is 4.52 Å². The highest BCUT2D eigenvalue weighted by molar-refractivity contribution is 7.15. The zero-order valence-electron chi connectivity index (χ0n) is 19.2. The SMILES string of the molecule is Cc1ccc(-c2cc(C(=O)N(Cc3nc4ccccc4c(=O)[nH]3)C(C)C)c3c(C)noc3n2)s1. The number of H-pyrrole nitrogens is 1. The first-order chi connectivity index (χ1) is 16.3. The number of aromatic amines is 1. The lowest BCUT2D eigenvalue weighted by Crippen LogP contribution is -2.37. The van der Waals surface area contributed by atoms with Crippen molar-refractivity contribution in [2.45, 2.75) is 40.3 Å². The second-order valence-electron chi connectivity index (χ2n) is 8.47. The van der Waals surface area contributed by atoms with Gasteiger partial charge in [0.15, 0.2) is 0 Å². The highest BCUT2D eigenvalue weighted by atomic mass is 32.1. The van der Waals surface area contributed by atoms with Crippen LogP contribution in [-0.4, -0.2) is 37.0 Å². The predicted molar refractivity (Wildman–Crippen MR) is 132 cm³/mol. The topological polar surface area (TPSA) is 105 Å². The molecule has 5 aromatic rings. The van der Waals surface area contributed by atoms with E-state index in [1.54, 1.807) is 47.4 Å². The number of carbonyl (C=O) groups excluding carboxylic acids is 1. The Morgan fingerprint density at radius 1 is 1.15 bits per heavy atom. The Labute approximate surface area is 199 Å². The maximum Gasteiger partial charge on any atom is 0.259 e. The molecule has 172 valence electrons. The van der Waals surface area contributed by atoms with Gasteiger partial charge in [0.25, 0.3) is 17.2 Å². The summed E-state index contributed by atoms with van der Waals surface area (Å²) in [6.07, 6.45) is 0. The van der Waals surface area contributed by atoms with Crippen LogP contribution in [0.4, 0.5) is 0 Å². The molecule has 34 heavy (non-hydrogen) atoms. The standard InChI is InChI=1S/C25H23N5O3S/c1-13(2)30(12-21-26-18-8-6-5-7-16(18)23(31)28-21)25(32)17-11-19(20-10-9-14(3)34-20)27-24-22(17)15(4)29-33-24/h5-11,13H,12H2,1-4H3,(H,26,28,31). The molecule has 9 heteroatoms. The monoisotopic (exact) mass is 473 g/mol. The summed E-state index contributed by atoms with van der Waals surface area (Å²) in [5.74, 6) is 0.214. The summed E-state index contributed by atoms with van der Waals surface area (Å²) >= 11 is 1.60. The molecule has 0 bridgehead atoms. The third-order valence-corrected chi connectivity index (χ3v) is 6.73. The van der Waals surface area contributed by atoms with Crippen LogP contribution in [0.25, 0.3) is 32.6 Å². The van der Waals surface area contributed by atoms with E-state index in [-0.39, 0.29) is 24.1 Å². The number of benzene rings is 1. The van der Waals surface area contributed by atoms with Crippen LogP contribution in [0.2, 0.25) is 0 Å². The Balaban J connectivity index is 1.59. The van der Waals surface area contributed by atoms with E-state index < -0.39 is 0 Å². The Kier molecular flexibility index (Phi) is 5.49. The summed E-state index contributed by atoms with van der Waals surface area (Å²) in [6, 6.07) is 12.8. The fourth-order valence-corrected chi connectivity index (χ4v) is 4.80. The molecule has 0 aliphatic heterocycles. The summed E-state index contributed by atoms with van der Waals surface area (Å²) < 4.78 is 5.44. The molecule has 4 aromatic heterocycles. The number of fused-ring (bicyclic) bond motifs is 2. The fraction of sp³-hybridized carbons (Fsp3) is 0.240. The number of hydrogen-bond donors (Lipinski definition) is 1. The first kappa shape index (κ1) is 22.0. The number of nitrogens with one attached hydrogen (secondary N) is 1. The van der Waals surface area contributed by atoms with Crippen LogP contribution in [0.15, 0.2) is 51.8 Å². The number of amides is 1. The number of aryl methyl sites for hydroxylation is 2. The van der Waals surface area contributed by atoms with Crippen molar-refractivity contribution in [1.29, 1.82) is 0 Å². The number of rotatable bonds is 5. The average molecular weight is 474 g/mol. The van der Waals surface area contributed by atoms with Crippen molar-refractivity contribution >= 4 is 39.2 Å². The van der Waals surface area contributed by atoms with Crippen molar-refractivity contribution in [2.75, 3.05) is 0 Å². The predicted octanol–water partition coefficient (Wildman–Crippen LogP) is 4.86. The lowest BCUT2D eigenvalue weighted by atomic mass is 10.1. The Morgan fingerprint density at radius 3 is 2.68 bits per heavy atom. The third kappa shape index (κ3) is 3.88. The number of para-hydroxylation sites is 1. The number of nitrogens with zero attached hydrogens (tertiary/aromatic N) is 4. The zero-order valence-corrected chi connectivity index (χ0v) is 20.1. The van der Waals surface area contributed by atoms with Crippen LogP contribution in [0.5, 0.6) is 0 Å². The van der Waals surface area contributed by atoms with Crippen molar-refractivity contribution in [3.8, 4) is 10.6 Å². The summed E-state index contributed by atoms with van der Waals surface area (Å²) in [4.78, 5) is 42.2. The first-order valence-electron chi connectivity index (χ1n) is 10.9. The third-order valence-electron chi connectivity index (χ3n) is 5.71. The van der Waals surface area contributed by atoms with Crippen molar-refractivity contribution in [3.05, 3.63) is 74.8 Å². The molecule has 1 N–H and O–H groups in total. The van der Waals surface area contributed by atoms with Crippen molar-refractivity contribution in [2.24, 2.45) is 0 Å². The molecule has 0 spiro atoms. The Morgan fingerprint density at radius 2 is 1.94 bits per heavy atom. The Bertz CT molecular complexity index is 1600. The molecule has 0 unspecified atom stereocenters. The van der Waals surface area contributed by atoms with Gasteiger partial charge in [-0.2, -0.15) is 0 Å². The summed E-state index contributed by atoms with van der Waals surface area (Å²) in [5, 5.41) is 5.15. The largest absolute Gasteiger partial charge is 0.335 e. The quantitative estimate of drug-likeness (QED) is 0.391. The summed E-state index contributed by atoms with van der Waals surface area (Å²) in [7, 11) is 0. The molecule has 8 nitrogen and oxygen atoms in total. The van der Waals surface area contributed by atoms with Crippen molar-refractivity contribution in [3.63, 3.8) is 0 Å². The zero-order chi connectivity index (χ0) is 24.0. The summed E-state index contributed by atoms with van der Waals surface area (Å²) in [5.41, 5.74) is 2.40. The van der Waals surface area contributed by atoms with E-state index in [0.29, 0.717) is 44.8 Å². The van der Waals surface area contributed by atoms with Gasteiger partial charge in [0, 0.05) is 10.9 Å². The van der Waals surface area contributed by atoms with Crippen molar-refractivity contribution in [1.82, 2.24) is 25.0 Å². The molecule has 0 fully saturated rings. The van der Waals surface area contributed by atoms with E-state index >= 15 is 0 Å². The van der Waals surface area contributed by atoms with Crippen molar-refractivity contribution < 1.29 is 9.32 Å². The average Bonchev–Trinajstić information content (AvgIpc) is 3.42. The minimum Gasteiger partial charge on any atom is -0.335 e. The van der Waals surface area contributed by atoms with Gasteiger partial charge in [-0.25, -0.2) is 9.97 Å². The van der Waals surface area contributed by atoms with Gasteiger partial charge in [-0.3, -0.25) is 9.59 Å². The van der Waals surface area contributed by atoms with E-state index in [9.17, 15) is 9.59 Å². The molecule has 0 aliphatic rings. The van der Waals surface area contributed by atoms with Gasteiger partial charge < -0.3 is 14.4 Å². The second-order valence-corrected chi connectivity index (χ2v) is 9.76. The van der Waals surface area contributed by atoms with Gasteiger partial charge in [0.05, 0.1) is 44.7 Å². The van der Waals surface area contributed by atoms with Gasteiger partial charge >= 0.3 is 0 Å². The highest BCUT2D eigenvalue weighted by Gasteiger charge is 2.26. The number of hydrogen-bond acceptors (Lipinski definition) is 7. The van der Waals surface area contributed by atoms with E-state index in [1.807, 2.05) is 39.0 Å². The Hall–Kier alpha value is -3.85. The molecule has 1 aromatic carbocycles. The van der Waals surface area contributed by atoms with E-state index in [2.05, 4.69) is 20.1 Å². The maximum atomic E-state index is 13.9. The molecule has 4 heterocycles. The van der Waals surface area contributed by atoms with Crippen LogP contribution in [0, 0.1) is 13.8 Å². The van der Waals surface area contributed by atoms with E-state index in [0.717, 1.165) is 9.75 Å². The summed E-state index contributed by atoms with van der Waals surface area (Å²) in [6.45, 7) is 7.83. The molecule has 0 aliphatic carbocycles. The highest BCUT2D eigenvalue weighted by Crippen LogP contribution is 2.32. The number of carbonyl (C=O) groups is 1. The fourth-order valence-electron chi connectivity index (χ4n) is 3.98. The molecule has 1 amide bonds. The minimum absolute atomic E-state index is 0.151. The molecule has 0 saturated carbocycles. The molecule has 5 rings (SSSR count). The van der Waals surface area contributed by atoms with Crippen LogP contribution in [0.3, 0.4) is 0 Å². The van der Waals surface area contributed by atoms with Gasteiger partial charge in [0.1, 0.15) is 5.82 Å². The number of pyridine rings is 1. The molecule has 0 radical (unpaired) electrons. The van der Waals surface area contributed by atoms with Gasteiger partial charge in [-0.15, -0.1) is 11.3 Å². The van der Waals surface area contributed by atoms with Crippen LogP contribution in [0.1, 0.15) is 40.6 Å². The van der Waals surface area contributed by atoms with Gasteiger partial charge in [0.2, 0.25) is 0 Å².